The van der Waals surface area contributed by atoms with Crippen molar-refractivity contribution in [3.63, 3.8) is 0 Å². The van der Waals surface area contributed by atoms with Crippen LogP contribution in [0.5, 0.6) is 0 Å². The van der Waals surface area contributed by atoms with Crippen LogP contribution < -0.4 is 9.62 Å². The molecular formula is C22H26N4O3S. The maximum absolute atomic E-state index is 12.7. The maximum Gasteiger partial charge on any atom is 0.240 e. The van der Waals surface area contributed by atoms with Gasteiger partial charge in [0.25, 0.3) is 0 Å². The zero-order chi connectivity index (χ0) is 21.1. The van der Waals surface area contributed by atoms with Gasteiger partial charge in [-0.1, -0.05) is 12.1 Å². The molecule has 1 fully saturated rings. The fraction of sp³-hybridized carbons (Fsp3) is 0.364. The Labute approximate surface area is 177 Å². The van der Waals surface area contributed by atoms with Crippen LogP contribution in [0.4, 0.5) is 5.69 Å². The van der Waals surface area contributed by atoms with E-state index in [0.29, 0.717) is 24.0 Å². The van der Waals surface area contributed by atoms with Gasteiger partial charge >= 0.3 is 0 Å². The summed E-state index contributed by atoms with van der Waals surface area (Å²) in [5, 5.41) is 0. The van der Waals surface area contributed by atoms with E-state index in [1.165, 1.54) is 5.69 Å². The molecule has 3 aromatic rings. The molecule has 8 heteroatoms. The van der Waals surface area contributed by atoms with E-state index in [4.69, 9.17) is 4.42 Å². The van der Waals surface area contributed by atoms with Gasteiger partial charge in [-0.15, -0.1) is 0 Å². The van der Waals surface area contributed by atoms with E-state index in [0.717, 1.165) is 37.2 Å². The Balaban J connectivity index is 1.32. The lowest BCUT2D eigenvalue weighted by atomic mass is 9.97. The summed E-state index contributed by atoms with van der Waals surface area (Å²) in [4.78, 5) is 11.1. The molecule has 0 spiro atoms. The number of rotatable bonds is 6. The summed E-state index contributed by atoms with van der Waals surface area (Å²) in [5.41, 5.74) is 3.71. The van der Waals surface area contributed by atoms with Crippen LogP contribution in [0.25, 0.3) is 11.3 Å². The van der Waals surface area contributed by atoms with Gasteiger partial charge in [-0.25, -0.2) is 18.1 Å². The van der Waals surface area contributed by atoms with Crippen molar-refractivity contribution in [2.75, 3.05) is 24.5 Å². The number of hydrogen-bond acceptors (Lipinski definition) is 6. The van der Waals surface area contributed by atoms with Crippen LogP contribution in [-0.4, -0.2) is 38.0 Å². The zero-order valence-electron chi connectivity index (χ0n) is 17.2. The van der Waals surface area contributed by atoms with Crippen molar-refractivity contribution in [3.8, 4) is 11.3 Å². The number of hydrogen-bond donors (Lipinski definition) is 1. The summed E-state index contributed by atoms with van der Waals surface area (Å²) >= 11 is 0. The molecule has 7 nitrogen and oxygen atoms in total. The number of piperidine rings is 1. The minimum atomic E-state index is -3.54. The Bertz CT molecular complexity index is 1100. The smallest absolute Gasteiger partial charge is 0.240 e. The van der Waals surface area contributed by atoms with Crippen molar-refractivity contribution in [1.29, 1.82) is 0 Å². The summed E-state index contributed by atoms with van der Waals surface area (Å²) in [5.74, 6) is 0.907. The molecule has 1 aliphatic rings. The fourth-order valence-electron chi connectivity index (χ4n) is 3.73. The second-order valence-corrected chi connectivity index (χ2v) is 9.48. The third kappa shape index (κ3) is 4.71. The number of benzene rings is 1. The molecule has 0 amide bonds. The van der Waals surface area contributed by atoms with Gasteiger partial charge in [0.2, 0.25) is 10.0 Å². The molecule has 1 saturated heterocycles. The molecule has 0 unspecified atom stereocenters. The molecule has 0 aliphatic carbocycles. The summed E-state index contributed by atoms with van der Waals surface area (Å²) in [6.07, 6.45) is 5.30. The van der Waals surface area contributed by atoms with Gasteiger partial charge in [-0.05, 0) is 49.9 Å². The van der Waals surface area contributed by atoms with Crippen LogP contribution in [0.1, 0.15) is 24.4 Å². The number of nitrogens with zero attached hydrogens (tertiary/aromatic N) is 3. The van der Waals surface area contributed by atoms with Crippen molar-refractivity contribution < 1.29 is 12.8 Å². The third-order valence-corrected chi connectivity index (χ3v) is 6.94. The van der Waals surface area contributed by atoms with Gasteiger partial charge < -0.3 is 9.32 Å². The highest BCUT2D eigenvalue weighted by atomic mass is 32.2. The van der Waals surface area contributed by atoms with Gasteiger partial charge in [-0.2, -0.15) is 0 Å². The van der Waals surface area contributed by atoms with E-state index in [9.17, 15) is 8.42 Å². The molecule has 3 heterocycles. The van der Waals surface area contributed by atoms with Gasteiger partial charge in [0.05, 0.1) is 4.90 Å². The van der Waals surface area contributed by atoms with E-state index < -0.39 is 10.0 Å². The first-order valence-corrected chi connectivity index (χ1v) is 11.6. The van der Waals surface area contributed by atoms with E-state index in [1.807, 2.05) is 19.2 Å². The number of nitrogens with one attached hydrogen (secondary N) is 1. The first-order chi connectivity index (χ1) is 14.4. The standard InChI is InChI=1S/C22H26N4O3S/c1-16-13-20(7-10-23-16)26-11-8-18(9-12-26)14-24-30(27,28)21-5-3-19(4-6-21)22-15-29-17(2)25-22/h3-7,10,13,15,18,24H,8-9,11-12,14H2,1-2H3. The van der Waals surface area contributed by atoms with Gasteiger partial charge in [0, 0.05) is 49.7 Å². The van der Waals surface area contributed by atoms with Crippen LogP contribution >= 0.6 is 0 Å². The lowest BCUT2D eigenvalue weighted by Crippen LogP contribution is -2.38. The number of pyridine rings is 1. The van der Waals surface area contributed by atoms with Crippen LogP contribution in [0.15, 0.2) is 58.2 Å². The number of aryl methyl sites for hydroxylation is 2. The van der Waals surface area contributed by atoms with Crippen LogP contribution in [0.2, 0.25) is 0 Å². The lowest BCUT2D eigenvalue weighted by Gasteiger charge is -2.33. The Morgan fingerprint density at radius 3 is 2.50 bits per heavy atom. The van der Waals surface area contributed by atoms with Crippen LogP contribution in [0.3, 0.4) is 0 Å². The highest BCUT2D eigenvalue weighted by molar-refractivity contribution is 7.89. The van der Waals surface area contributed by atoms with Crippen LogP contribution in [-0.2, 0) is 10.0 Å². The second-order valence-electron chi connectivity index (χ2n) is 7.71. The van der Waals surface area contributed by atoms with Crippen molar-refractivity contribution in [2.24, 2.45) is 5.92 Å². The Hall–Kier alpha value is -2.71. The summed E-state index contributed by atoms with van der Waals surface area (Å²) < 4.78 is 33.4. The van der Waals surface area contributed by atoms with Crippen molar-refractivity contribution >= 4 is 15.7 Å². The molecule has 0 radical (unpaired) electrons. The number of oxazole rings is 1. The molecule has 1 N–H and O–H groups in total. The molecule has 4 rings (SSSR count). The Kier molecular flexibility index (Phi) is 5.87. The van der Waals surface area contributed by atoms with Gasteiger partial charge in [0.1, 0.15) is 12.0 Å². The average Bonchev–Trinajstić information content (AvgIpc) is 3.19. The first-order valence-electron chi connectivity index (χ1n) is 10.1. The highest BCUT2D eigenvalue weighted by Gasteiger charge is 2.22. The quantitative estimate of drug-likeness (QED) is 0.649. The molecule has 0 bridgehead atoms. The lowest BCUT2D eigenvalue weighted by molar-refractivity contribution is 0.402. The minimum Gasteiger partial charge on any atom is -0.449 e. The minimum absolute atomic E-state index is 0.260. The Morgan fingerprint density at radius 2 is 1.87 bits per heavy atom. The average molecular weight is 427 g/mol. The molecule has 1 aliphatic heterocycles. The van der Waals surface area contributed by atoms with Gasteiger partial charge in [0.15, 0.2) is 5.89 Å². The van der Waals surface area contributed by atoms with Crippen molar-refractivity contribution in [1.82, 2.24) is 14.7 Å². The van der Waals surface area contributed by atoms with Gasteiger partial charge in [-0.3, -0.25) is 4.98 Å². The molecule has 2 aromatic heterocycles. The summed E-state index contributed by atoms with van der Waals surface area (Å²) in [6.45, 7) is 6.05. The van der Waals surface area contributed by atoms with E-state index in [2.05, 4.69) is 25.7 Å². The summed E-state index contributed by atoms with van der Waals surface area (Å²) in [7, 11) is -3.54. The molecule has 30 heavy (non-hydrogen) atoms. The number of aromatic nitrogens is 2. The Morgan fingerprint density at radius 1 is 1.13 bits per heavy atom. The maximum atomic E-state index is 12.7. The predicted octanol–water partition coefficient (Wildman–Crippen LogP) is 3.55. The molecular weight excluding hydrogens is 400 g/mol. The van der Waals surface area contributed by atoms with Crippen molar-refractivity contribution in [3.05, 3.63) is 60.4 Å². The topological polar surface area (TPSA) is 88.3 Å². The first kappa shape index (κ1) is 20.6. The SMILES string of the molecule is Cc1cc(N2CCC(CNS(=O)(=O)c3ccc(-c4coc(C)n4)cc3)CC2)ccn1. The van der Waals surface area contributed by atoms with E-state index in [1.54, 1.807) is 37.5 Å². The van der Waals surface area contributed by atoms with Crippen molar-refractivity contribution in [2.45, 2.75) is 31.6 Å². The zero-order valence-corrected chi connectivity index (χ0v) is 18.0. The fourth-order valence-corrected chi connectivity index (χ4v) is 4.85. The third-order valence-electron chi connectivity index (χ3n) is 5.50. The number of sulfonamides is 1. The normalized spacial score (nSPS) is 15.5. The largest absolute Gasteiger partial charge is 0.449 e. The molecule has 158 valence electrons. The van der Waals surface area contributed by atoms with Crippen LogP contribution in [0, 0.1) is 19.8 Å². The highest BCUT2D eigenvalue weighted by Crippen LogP contribution is 2.24. The number of anilines is 1. The predicted molar refractivity (Wildman–Crippen MR) is 116 cm³/mol. The molecule has 1 aromatic carbocycles. The van der Waals surface area contributed by atoms with E-state index in [-0.39, 0.29) is 4.90 Å². The molecule has 0 saturated carbocycles. The second kappa shape index (κ2) is 8.57. The van der Waals surface area contributed by atoms with E-state index >= 15 is 0 Å². The molecule has 0 atom stereocenters. The monoisotopic (exact) mass is 426 g/mol. The summed E-state index contributed by atoms with van der Waals surface area (Å²) in [6, 6.07) is 10.8.